The molecule has 178 valence electrons. The van der Waals surface area contributed by atoms with Crippen LogP contribution in [0.15, 0.2) is 24.3 Å². The summed E-state index contributed by atoms with van der Waals surface area (Å²) in [5.41, 5.74) is -2.69. The van der Waals surface area contributed by atoms with Crippen LogP contribution in [0.5, 0.6) is 0 Å². The third-order valence-electron chi connectivity index (χ3n) is 7.55. The van der Waals surface area contributed by atoms with E-state index in [1.54, 1.807) is 38.1 Å². The highest BCUT2D eigenvalue weighted by Gasteiger charge is 2.49. The molecule has 0 atom stereocenters. The van der Waals surface area contributed by atoms with E-state index in [9.17, 15) is 19.2 Å². The lowest BCUT2D eigenvalue weighted by atomic mass is 9.78. The Hall–Kier alpha value is -2.90. The Labute approximate surface area is 194 Å². The summed E-state index contributed by atoms with van der Waals surface area (Å²) in [6.45, 7) is 3.10. The van der Waals surface area contributed by atoms with Crippen LogP contribution in [0, 0.1) is 5.41 Å². The summed E-state index contributed by atoms with van der Waals surface area (Å²) < 4.78 is 0. The van der Waals surface area contributed by atoms with Crippen molar-refractivity contribution in [1.82, 2.24) is 10.6 Å². The number of hydrogen-bond donors (Lipinski definition) is 4. The molecular formula is C25H34N4O4. The van der Waals surface area contributed by atoms with E-state index in [4.69, 9.17) is 0 Å². The molecule has 2 spiro atoms. The van der Waals surface area contributed by atoms with Gasteiger partial charge in [0.1, 0.15) is 16.5 Å². The smallest absolute Gasteiger partial charge is 0.250 e. The van der Waals surface area contributed by atoms with E-state index in [-0.39, 0.29) is 11.8 Å². The quantitative estimate of drug-likeness (QED) is 0.450. The lowest BCUT2D eigenvalue weighted by molar-refractivity contribution is -0.147. The van der Waals surface area contributed by atoms with E-state index in [2.05, 4.69) is 21.3 Å². The minimum absolute atomic E-state index is 0.319. The molecule has 0 radical (unpaired) electrons. The Morgan fingerprint density at radius 3 is 1.30 bits per heavy atom. The van der Waals surface area contributed by atoms with Gasteiger partial charge in [-0.15, -0.1) is 0 Å². The molecule has 0 bridgehead atoms. The molecule has 4 N–H and O–H groups in total. The van der Waals surface area contributed by atoms with E-state index in [1.165, 1.54) is 0 Å². The molecule has 33 heavy (non-hydrogen) atoms. The highest BCUT2D eigenvalue weighted by Crippen LogP contribution is 2.35. The van der Waals surface area contributed by atoms with E-state index in [1.807, 2.05) is 0 Å². The van der Waals surface area contributed by atoms with Crippen molar-refractivity contribution < 1.29 is 19.2 Å². The number of benzene rings is 1. The number of carbonyl (C=O) groups is 4. The van der Waals surface area contributed by atoms with Gasteiger partial charge in [-0.05, 0) is 51.7 Å². The second kappa shape index (κ2) is 8.80. The molecule has 0 aromatic heterocycles. The first-order valence-corrected chi connectivity index (χ1v) is 12.1. The Balaban J connectivity index is 1.79. The molecule has 0 saturated heterocycles. The summed E-state index contributed by atoms with van der Waals surface area (Å²) in [5.74, 6) is -1.65. The highest BCUT2D eigenvalue weighted by atomic mass is 16.2. The molecule has 4 rings (SSSR count). The molecule has 2 saturated carbocycles. The van der Waals surface area contributed by atoms with Gasteiger partial charge in [0.25, 0.3) is 0 Å². The van der Waals surface area contributed by atoms with Crippen molar-refractivity contribution in [2.45, 2.75) is 89.1 Å². The molecule has 2 fully saturated rings. The van der Waals surface area contributed by atoms with Crippen LogP contribution < -0.4 is 21.3 Å². The molecule has 8 nitrogen and oxygen atoms in total. The molecule has 3 aliphatic rings. The maximum atomic E-state index is 13.5. The van der Waals surface area contributed by atoms with Crippen molar-refractivity contribution in [3.05, 3.63) is 24.3 Å². The van der Waals surface area contributed by atoms with Crippen LogP contribution in [0.2, 0.25) is 0 Å². The maximum absolute atomic E-state index is 13.5. The summed E-state index contributed by atoms with van der Waals surface area (Å²) in [6.07, 6.45) is 7.21. The summed E-state index contributed by atoms with van der Waals surface area (Å²) in [6, 6.07) is 7.05. The van der Waals surface area contributed by atoms with Gasteiger partial charge in [-0.3, -0.25) is 19.2 Å². The predicted molar refractivity (Wildman–Crippen MR) is 125 cm³/mol. The monoisotopic (exact) mass is 454 g/mol. The van der Waals surface area contributed by atoms with Gasteiger partial charge in [-0.2, -0.15) is 0 Å². The number of amides is 4. The lowest BCUT2D eigenvalue weighted by Gasteiger charge is -2.40. The van der Waals surface area contributed by atoms with Gasteiger partial charge in [0.05, 0.1) is 11.4 Å². The van der Waals surface area contributed by atoms with E-state index >= 15 is 0 Å². The summed E-state index contributed by atoms with van der Waals surface area (Å²) in [7, 11) is 0. The number of rotatable bonds is 0. The van der Waals surface area contributed by atoms with Gasteiger partial charge in [0.15, 0.2) is 0 Å². The number of anilines is 2. The second-order valence-electron chi connectivity index (χ2n) is 10.3. The van der Waals surface area contributed by atoms with Crippen molar-refractivity contribution in [3.63, 3.8) is 0 Å². The van der Waals surface area contributed by atoms with Crippen LogP contribution >= 0.6 is 0 Å². The van der Waals surface area contributed by atoms with Crippen LogP contribution in [0.4, 0.5) is 11.4 Å². The average molecular weight is 455 g/mol. The second-order valence-corrected chi connectivity index (χ2v) is 10.3. The molecular weight excluding hydrogens is 420 g/mol. The molecule has 1 aromatic rings. The van der Waals surface area contributed by atoms with Crippen LogP contribution in [0.1, 0.15) is 78.1 Å². The fraction of sp³-hybridized carbons (Fsp3) is 0.600. The van der Waals surface area contributed by atoms with Gasteiger partial charge >= 0.3 is 0 Å². The zero-order valence-corrected chi connectivity index (χ0v) is 19.5. The van der Waals surface area contributed by atoms with Crippen LogP contribution in [-0.4, -0.2) is 34.7 Å². The van der Waals surface area contributed by atoms with Gasteiger partial charge in [-0.25, -0.2) is 0 Å². The fourth-order valence-electron chi connectivity index (χ4n) is 5.16. The number of fused-ring (bicyclic) bond motifs is 1. The third-order valence-corrected chi connectivity index (χ3v) is 7.55. The van der Waals surface area contributed by atoms with Crippen LogP contribution in [-0.2, 0) is 19.2 Å². The first-order valence-electron chi connectivity index (χ1n) is 12.1. The van der Waals surface area contributed by atoms with Gasteiger partial charge in [-0.1, -0.05) is 50.7 Å². The normalized spacial score (nSPS) is 24.8. The largest absolute Gasteiger partial charge is 0.341 e. The van der Waals surface area contributed by atoms with Gasteiger partial charge < -0.3 is 21.3 Å². The Kier molecular flexibility index (Phi) is 6.20. The number of hydrogen-bond acceptors (Lipinski definition) is 4. The van der Waals surface area contributed by atoms with Gasteiger partial charge in [0, 0.05) is 0 Å². The molecule has 1 aromatic carbocycles. The van der Waals surface area contributed by atoms with Gasteiger partial charge in [0.2, 0.25) is 23.6 Å². The Morgan fingerprint density at radius 1 is 0.576 bits per heavy atom. The van der Waals surface area contributed by atoms with Crippen LogP contribution in [0.25, 0.3) is 0 Å². The first kappa shape index (κ1) is 23.3. The third kappa shape index (κ3) is 4.35. The first-order chi connectivity index (χ1) is 15.7. The number of nitrogens with one attached hydrogen (secondary N) is 4. The van der Waals surface area contributed by atoms with E-state index < -0.39 is 28.3 Å². The SMILES string of the molecule is CC1(C)C(=O)NC2(CCCCC2)C(=O)Nc2ccccc2NC(=O)C2(CCCCC2)NC1=O. The zero-order chi connectivity index (χ0) is 23.7. The maximum Gasteiger partial charge on any atom is 0.250 e. The lowest BCUT2D eigenvalue weighted by Crippen LogP contribution is -2.64. The zero-order valence-electron chi connectivity index (χ0n) is 19.5. The summed E-state index contributed by atoms with van der Waals surface area (Å²) in [4.78, 5) is 53.9. The van der Waals surface area contributed by atoms with Crippen molar-refractivity contribution in [3.8, 4) is 0 Å². The summed E-state index contributed by atoms with van der Waals surface area (Å²) >= 11 is 0. The topological polar surface area (TPSA) is 116 Å². The number of carbonyl (C=O) groups excluding carboxylic acids is 4. The average Bonchev–Trinajstić information content (AvgIpc) is 2.81. The minimum Gasteiger partial charge on any atom is -0.341 e. The number of para-hydroxylation sites is 2. The van der Waals surface area contributed by atoms with E-state index in [0.717, 1.165) is 38.5 Å². The standard InChI is InChI=1S/C25H34N4O4/c1-23(2)19(30)28-24(13-7-3-8-14-24)21(32)26-17-11-5-6-12-18(17)27-22(33)25(29-20(23)31)15-9-4-10-16-25/h5-6,11-12H,3-4,7-10,13-16H2,1-2H3,(H,26,32)(H,27,33)(H,28,30)(H,29,31). The van der Waals surface area contributed by atoms with Crippen LogP contribution in [0.3, 0.4) is 0 Å². The molecule has 1 heterocycles. The van der Waals surface area contributed by atoms with E-state index in [0.29, 0.717) is 37.1 Å². The Morgan fingerprint density at radius 2 is 0.939 bits per heavy atom. The Bertz CT molecular complexity index is 884. The molecule has 4 amide bonds. The highest BCUT2D eigenvalue weighted by molar-refractivity contribution is 6.11. The van der Waals surface area contributed by atoms with Crippen molar-refractivity contribution in [2.75, 3.05) is 10.6 Å². The van der Waals surface area contributed by atoms with Crippen molar-refractivity contribution >= 4 is 35.0 Å². The molecule has 0 unspecified atom stereocenters. The van der Waals surface area contributed by atoms with Crippen molar-refractivity contribution in [2.24, 2.45) is 5.41 Å². The van der Waals surface area contributed by atoms with Crippen molar-refractivity contribution in [1.29, 1.82) is 0 Å². The molecule has 2 aliphatic carbocycles. The fourth-order valence-corrected chi connectivity index (χ4v) is 5.16. The molecule has 1 aliphatic heterocycles. The summed E-state index contributed by atoms with van der Waals surface area (Å²) in [5, 5.41) is 11.8. The molecule has 8 heteroatoms. The minimum atomic E-state index is -1.45. The predicted octanol–water partition coefficient (Wildman–Crippen LogP) is 3.24.